The van der Waals surface area contributed by atoms with Crippen LogP contribution < -0.4 is 0 Å². The highest BCUT2D eigenvalue weighted by atomic mass is 32.1. The van der Waals surface area contributed by atoms with Gasteiger partial charge in [-0.2, -0.15) is 0 Å². The molecule has 134 valence electrons. The molecular weight excluding hydrogens is 318 g/mol. The zero-order valence-corrected chi connectivity index (χ0v) is 16.1. The van der Waals surface area contributed by atoms with Gasteiger partial charge in [-0.3, -0.25) is 4.79 Å². The van der Waals surface area contributed by atoms with Crippen LogP contribution in [0.25, 0.3) is 0 Å². The number of carbonyl (C=O) groups is 1. The van der Waals surface area contributed by atoms with E-state index in [1.54, 1.807) is 11.3 Å². The fourth-order valence-electron chi connectivity index (χ4n) is 4.24. The average molecular weight is 350 g/mol. The number of likely N-dealkylation sites (tertiary alicyclic amines) is 1. The van der Waals surface area contributed by atoms with Crippen molar-refractivity contribution in [3.63, 3.8) is 0 Å². The third kappa shape index (κ3) is 3.83. The van der Waals surface area contributed by atoms with Crippen molar-refractivity contribution < 1.29 is 4.79 Å². The molecule has 1 aromatic rings. The number of carbonyl (C=O) groups excluding carboxylic acids is 1. The van der Waals surface area contributed by atoms with E-state index in [0.717, 1.165) is 18.0 Å². The van der Waals surface area contributed by atoms with Gasteiger partial charge in [0.25, 0.3) is 0 Å². The van der Waals surface area contributed by atoms with E-state index in [9.17, 15) is 4.79 Å². The SMILES string of the molecule is CCC(CC)CN1CCC2(CC1)CC2C(=O)N(C)Cc1cscn1. The molecule has 1 saturated carbocycles. The van der Waals surface area contributed by atoms with Crippen molar-refractivity contribution in [2.75, 3.05) is 26.7 Å². The summed E-state index contributed by atoms with van der Waals surface area (Å²) in [6, 6.07) is 0. The van der Waals surface area contributed by atoms with Crippen LogP contribution in [0.4, 0.5) is 0 Å². The van der Waals surface area contributed by atoms with Gasteiger partial charge in [0, 0.05) is 24.9 Å². The molecule has 0 radical (unpaired) electrons. The van der Waals surface area contributed by atoms with E-state index in [2.05, 4.69) is 23.7 Å². The fraction of sp³-hybridized carbons (Fsp3) is 0.789. The molecule has 1 unspecified atom stereocenters. The summed E-state index contributed by atoms with van der Waals surface area (Å²) in [6.07, 6.45) is 6.07. The van der Waals surface area contributed by atoms with Crippen LogP contribution >= 0.6 is 11.3 Å². The van der Waals surface area contributed by atoms with Gasteiger partial charge in [-0.1, -0.05) is 26.7 Å². The van der Waals surface area contributed by atoms with E-state index in [4.69, 9.17) is 0 Å². The Morgan fingerprint density at radius 2 is 2.12 bits per heavy atom. The molecule has 1 atom stereocenters. The van der Waals surface area contributed by atoms with Crippen LogP contribution in [-0.4, -0.2) is 47.4 Å². The average Bonchev–Trinajstić information content (AvgIpc) is 3.03. The van der Waals surface area contributed by atoms with Gasteiger partial charge in [0.2, 0.25) is 5.91 Å². The monoisotopic (exact) mass is 349 g/mol. The summed E-state index contributed by atoms with van der Waals surface area (Å²) >= 11 is 1.59. The first kappa shape index (κ1) is 17.9. The lowest BCUT2D eigenvalue weighted by atomic mass is 9.89. The molecule has 1 aliphatic heterocycles. The van der Waals surface area contributed by atoms with Crippen LogP contribution in [0, 0.1) is 17.3 Å². The van der Waals surface area contributed by atoms with Crippen molar-refractivity contribution >= 4 is 17.2 Å². The number of hydrogen-bond acceptors (Lipinski definition) is 4. The summed E-state index contributed by atoms with van der Waals surface area (Å²) in [5.74, 6) is 1.42. The molecule has 5 heteroatoms. The Morgan fingerprint density at radius 3 is 2.71 bits per heavy atom. The third-order valence-electron chi connectivity index (χ3n) is 6.27. The highest BCUT2D eigenvalue weighted by Crippen LogP contribution is 2.60. The smallest absolute Gasteiger partial charge is 0.226 e. The molecule has 1 aromatic heterocycles. The molecule has 2 aliphatic rings. The van der Waals surface area contributed by atoms with E-state index in [-0.39, 0.29) is 5.92 Å². The van der Waals surface area contributed by atoms with Crippen LogP contribution in [-0.2, 0) is 11.3 Å². The van der Waals surface area contributed by atoms with E-state index in [1.807, 2.05) is 22.8 Å². The first-order valence-electron chi connectivity index (χ1n) is 9.42. The second-order valence-electron chi connectivity index (χ2n) is 7.78. The van der Waals surface area contributed by atoms with E-state index in [1.165, 1.54) is 45.3 Å². The Bertz CT molecular complexity index is 533. The third-order valence-corrected chi connectivity index (χ3v) is 6.90. The zero-order valence-electron chi connectivity index (χ0n) is 15.3. The number of amides is 1. The van der Waals surface area contributed by atoms with Gasteiger partial charge in [-0.25, -0.2) is 4.98 Å². The van der Waals surface area contributed by atoms with Gasteiger partial charge < -0.3 is 9.80 Å². The Kier molecular flexibility index (Phi) is 5.60. The number of rotatable bonds is 7. The second-order valence-corrected chi connectivity index (χ2v) is 8.49. The summed E-state index contributed by atoms with van der Waals surface area (Å²) < 4.78 is 0. The molecule has 2 fully saturated rings. The minimum Gasteiger partial charge on any atom is -0.340 e. The van der Waals surface area contributed by atoms with Crippen LogP contribution in [0.5, 0.6) is 0 Å². The topological polar surface area (TPSA) is 36.4 Å². The van der Waals surface area contributed by atoms with Crippen molar-refractivity contribution in [1.29, 1.82) is 0 Å². The van der Waals surface area contributed by atoms with Gasteiger partial charge in [-0.05, 0) is 43.7 Å². The van der Waals surface area contributed by atoms with Crippen molar-refractivity contribution in [2.45, 2.75) is 52.5 Å². The zero-order chi connectivity index (χ0) is 17.2. The second kappa shape index (κ2) is 7.52. The van der Waals surface area contributed by atoms with Crippen LogP contribution in [0.15, 0.2) is 10.9 Å². The van der Waals surface area contributed by atoms with Crippen molar-refractivity contribution in [1.82, 2.24) is 14.8 Å². The molecule has 2 heterocycles. The number of thiazole rings is 1. The van der Waals surface area contributed by atoms with Gasteiger partial charge in [0.15, 0.2) is 0 Å². The summed E-state index contributed by atoms with van der Waals surface area (Å²) in [4.78, 5) is 21.5. The molecule has 24 heavy (non-hydrogen) atoms. The Hall–Kier alpha value is -0.940. The largest absolute Gasteiger partial charge is 0.340 e. The van der Waals surface area contributed by atoms with Crippen molar-refractivity contribution in [2.24, 2.45) is 17.3 Å². The number of piperidine rings is 1. The lowest BCUT2D eigenvalue weighted by molar-refractivity contribution is -0.133. The minimum atomic E-state index is 0.261. The Morgan fingerprint density at radius 1 is 1.42 bits per heavy atom. The Labute approximate surface area is 150 Å². The first-order chi connectivity index (χ1) is 11.6. The normalized spacial score (nSPS) is 22.9. The van der Waals surface area contributed by atoms with Gasteiger partial charge in [0.05, 0.1) is 17.7 Å². The van der Waals surface area contributed by atoms with E-state index < -0.39 is 0 Å². The fourth-order valence-corrected chi connectivity index (χ4v) is 4.79. The summed E-state index contributed by atoms with van der Waals surface area (Å²) in [7, 11) is 1.93. The first-order valence-corrected chi connectivity index (χ1v) is 10.4. The molecule has 0 bridgehead atoms. The van der Waals surface area contributed by atoms with E-state index >= 15 is 0 Å². The maximum Gasteiger partial charge on any atom is 0.226 e. The lowest BCUT2D eigenvalue weighted by Gasteiger charge is -2.35. The van der Waals surface area contributed by atoms with Crippen LogP contribution in [0.3, 0.4) is 0 Å². The van der Waals surface area contributed by atoms with Crippen molar-refractivity contribution in [3.8, 4) is 0 Å². The summed E-state index contributed by atoms with van der Waals surface area (Å²) in [6.45, 7) is 8.84. The summed E-state index contributed by atoms with van der Waals surface area (Å²) in [5.41, 5.74) is 3.16. The highest BCUT2D eigenvalue weighted by molar-refractivity contribution is 7.07. The molecule has 1 spiro atoms. The van der Waals surface area contributed by atoms with E-state index in [0.29, 0.717) is 17.9 Å². The molecule has 1 amide bonds. The van der Waals surface area contributed by atoms with Gasteiger partial charge in [-0.15, -0.1) is 11.3 Å². The maximum atomic E-state index is 12.7. The molecule has 1 saturated heterocycles. The molecule has 4 nitrogen and oxygen atoms in total. The molecule has 0 aromatic carbocycles. The lowest BCUT2D eigenvalue weighted by Crippen LogP contribution is -2.39. The maximum absolute atomic E-state index is 12.7. The molecule has 3 rings (SSSR count). The molecule has 1 aliphatic carbocycles. The minimum absolute atomic E-state index is 0.261. The highest BCUT2D eigenvalue weighted by Gasteiger charge is 2.58. The van der Waals surface area contributed by atoms with Crippen LogP contribution in [0.1, 0.15) is 51.6 Å². The van der Waals surface area contributed by atoms with Crippen LogP contribution in [0.2, 0.25) is 0 Å². The number of hydrogen-bond donors (Lipinski definition) is 0. The predicted molar refractivity (Wildman–Crippen MR) is 98.9 cm³/mol. The summed E-state index contributed by atoms with van der Waals surface area (Å²) in [5, 5.41) is 2.03. The molecular formula is C19H31N3OS. The van der Waals surface area contributed by atoms with Gasteiger partial charge in [0.1, 0.15) is 0 Å². The Balaban J connectivity index is 1.47. The molecule has 0 N–H and O–H groups in total. The number of aromatic nitrogens is 1. The number of nitrogens with zero attached hydrogens (tertiary/aromatic N) is 3. The van der Waals surface area contributed by atoms with Gasteiger partial charge >= 0.3 is 0 Å². The predicted octanol–water partition coefficient (Wildman–Crippen LogP) is 3.64. The standard InChI is InChI=1S/C19H31N3OS/c1-4-15(5-2)11-22-8-6-19(7-9-22)10-17(19)18(23)21(3)12-16-13-24-14-20-16/h13-15,17H,4-12H2,1-3H3. The van der Waals surface area contributed by atoms with Crippen molar-refractivity contribution in [3.05, 3.63) is 16.6 Å². The quantitative estimate of drug-likeness (QED) is 0.754.